The van der Waals surface area contributed by atoms with Crippen LogP contribution >= 0.6 is 0 Å². The van der Waals surface area contributed by atoms with Crippen molar-refractivity contribution in [2.24, 2.45) is 0 Å². The van der Waals surface area contributed by atoms with Crippen molar-refractivity contribution in [2.45, 2.75) is 0 Å². The van der Waals surface area contributed by atoms with Gasteiger partial charge < -0.3 is 0 Å². The molecule has 138 valence electrons. The summed E-state index contributed by atoms with van der Waals surface area (Å²) in [7, 11) is 0. The van der Waals surface area contributed by atoms with Gasteiger partial charge in [0, 0.05) is 11.1 Å². The molecule has 0 heteroatoms. The molecule has 0 amide bonds. The van der Waals surface area contributed by atoms with Crippen molar-refractivity contribution >= 4 is 43.1 Å². The first kappa shape index (κ1) is 16.8. The molecule has 6 aromatic rings. The lowest BCUT2D eigenvalue weighted by molar-refractivity contribution is 1.71. The van der Waals surface area contributed by atoms with Crippen molar-refractivity contribution in [1.29, 1.82) is 0 Å². The van der Waals surface area contributed by atoms with Crippen molar-refractivity contribution in [3.63, 3.8) is 0 Å². The van der Waals surface area contributed by atoms with Gasteiger partial charge in [-0.2, -0.15) is 0 Å². The van der Waals surface area contributed by atoms with Gasteiger partial charge in [0.15, 0.2) is 0 Å². The first-order chi connectivity index (χ1) is 14.9. The highest BCUT2D eigenvalue weighted by atomic mass is 14.1. The van der Waals surface area contributed by atoms with Crippen LogP contribution in [-0.4, -0.2) is 0 Å². The van der Waals surface area contributed by atoms with E-state index in [0.717, 1.165) is 11.1 Å². The fraction of sp³-hybridized carbons (Fsp3) is 0. The molecule has 0 fully saturated rings. The number of rotatable bonds is 0. The Morgan fingerprint density at radius 2 is 0.667 bits per heavy atom. The molecule has 0 aliphatic carbocycles. The molecule has 0 aliphatic heterocycles. The largest absolute Gasteiger partial charge is 0.0616 e. The predicted octanol–water partition coefficient (Wildman–Crippen LogP) is 7.70. The van der Waals surface area contributed by atoms with E-state index in [-0.39, 0.29) is 0 Å². The summed E-state index contributed by atoms with van der Waals surface area (Å²) in [5, 5.41) is 9.91. The molecule has 0 heterocycles. The zero-order valence-corrected chi connectivity index (χ0v) is 16.4. The first-order valence-electron chi connectivity index (χ1n) is 10.2. The van der Waals surface area contributed by atoms with Crippen LogP contribution in [0.5, 0.6) is 0 Å². The second-order valence-electron chi connectivity index (χ2n) is 7.63. The van der Waals surface area contributed by atoms with E-state index in [4.69, 9.17) is 0 Å². The summed E-state index contributed by atoms with van der Waals surface area (Å²) < 4.78 is 0. The van der Waals surface area contributed by atoms with Crippen LogP contribution in [0.25, 0.3) is 43.1 Å². The minimum atomic E-state index is 1.07. The molecule has 0 aromatic heterocycles. The van der Waals surface area contributed by atoms with Crippen LogP contribution in [0.2, 0.25) is 0 Å². The van der Waals surface area contributed by atoms with Gasteiger partial charge in [-0.25, -0.2) is 0 Å². The summed E-state index contributed by atoms with van der Waals surface area (Å²) in [6, 6.07) is 38.6. The average Bonchev–Trinajstić information content (AvgIpc) is 2.82. The maximum absolute atomic E-state index is 3.50. The number of fused-ring (bicyclic) bond motifs is 6. The third-order valence-corrected chi connectivity index (χ3v) is 5.87. The highest BCUT2D eigenvalue weighted by molar-refractivity contribution is 6.11. The van der Waals surface area contributed by atoms with Crippen molar-refractivity contribution in [2.75, 3.05) is 0 Å². The van der Waals surface area contributed by atoms with Crippen LogP contribution in [0.1, 0.15) is 11.1 Å². The van der Waals surface area contributed by atoms with Crippen molar-refractivity contribution < 1.29 is 0 Å². The van der Waals surface area contributed by atoms with Gasteiger partial charge in [-0.3, -0.25) is 0 Å². The van der Waals surface area contributed by atoms with E-state index in [9.17, 15) is 0 Å². The van der Waals surface area contributed by atoms with E-state index in [2.05, 4.69) is 121 Å². The summed E-state index contributed by atoms with van der Waals surface area (Å²) in [5.74, 6) is 7.01. The van der Waals surface area contributed by atoms with Gasteiger partial charge >= 0.3 is 0 Å². The Morgan fingerprint density at radius 3 is 1.10 bits per heavy atom. The van der Waals surface area contributed by atoms with Gasteiger partial charge in [-0.15, -0.1) is 0 Å². The van der Waals surface area contributed by atoms with Gasteiger partial charge in [0.1, 0.15) is 0 Å². The van der Waals surface area contributed by atoms with Crippen LogP contribution in [-0.2, 0) is 0 Å². The number of hydrogen-bond donors (Lipinski definition) is 0. The van der Waals surface area contributed by atoms with Crippen LogP contribution < -0.4 is 0 Å². The van der Waals surface area contributed by atoms with Gasteiger partial charge in [0.2, 0.25) is 0 Å². The molecule has 0 spiro atoms. The van der Waals surface area contributed by atoms with Crippen molar-refractivity contribution in [3.8, 4) is 11.8 Å². The maximum atomic E-state index is 3.50. The molecule has 6 aromatic carbocycles. The van der Waals surface area contributed by atoms with Gasteiger partial charge in [-0.05, 0) is 55.2 Å². The number of hydrogen-bond acceptors (Lipinski definition) is 0. The predicted molar refractivity (Wildman–Crippen MR) is 129 cm³/mol. The topological polar surface area (TPSA) is 0 Å². The average molecular weight is 378 g/mol. The molecule has 0 nitrogen and oxygen atoms in total. The summed E-state index contributed by atoms with van der Waals surface area (Å²) in [6.07, 6.45) is 0. The van der Waals surface area contributed by atoms with Gasteiger partial charge in [0.25, 0.3) is 0 Å². The minimum absolute atomic E-state index is 1.07. The molecular formula is C30H18. The summed E-state index contributed by atoms with van der Waals surface area (Å²) in [6.45, 7) is 0. The zero-order chi connectivity index (χ0) is 19.9. The molecule has 0 aliphatic rings. The Bertz CT molecular complexity index is 1520. The highest BCUT2D eigenvalue weighted by Gasteiger charge is 2.06. The van der Waals surface area contributed by atoms with E-state index in [0.29, 0.717) is 0 Å². The van der Waals surface area contributed by atoms with E-state index in [1.807, 2.05) is 0 Å². The third-order valence-electron chi connectivity index (χ3n) is 5.87. The fourth-order valence-electron chi connectivity index (χ4n) is 4.45. The molecule has 0 saturated carbocycles. The standard InChI is InChI=1S/C30H18/c1-3-11-25-21(9-1)19-23(27-13-5-7-15-29(25)27)17-18-24-20-22-10-2-4-12-26(22)30-16-8-6-14-28(24)30/h1-16,19-20H. The van der Waals surface area contributed by atoms with Crippen molar-refractivity contribution in [3.05, 3.63) is 120 Å². The van der Waals surface area contributed by atoms with Crippen LogP contribution in [0, 0.1) is 11.8 Å². The summed E-state index contributed by atoms with van der Waals surface area (Å²) >= 11 is 0. The lowest BCUT2D eigenvalue weighted by atomic mass is 9.96. The smallest absolute Gasteiger partial charge is 0.0333 e. The molecule has 0 unspecified atom stereocenters. The van der Waals surface area contributed by atoms with Gasteiger partial charge in [0.05, 0.1) is 0 Å². The molecule has 0 radical (unpaired) electrons. The molecule has 6 rings (SSSR count). The lowest BCUT2D eigenvalue weighted by Gasteiger charge is -2.07. The summed E-state index contributed by atoms with van der Waals surface area (Å²) in [4.78, 5) is 0. The van der Waals surface area contributed by atoms with Crippen LogP contribution in [0.3, 0.4) is 0 Å². The third kappa shape index (κ3) is 2.65. The summed E-state index contributed by atoms with van der Waals surface area (Å²) in [5.41, 5.74) is 2.14. The molecule has 0 N–H and O–H groups in total. The SMILES string of the molecule is C(#Cc1cc2ccccc2c2ccccc12)c1cc2ccccc2c2ccccc12. The van der Waals surface area contributed by atoms with Crippen LogP contribution in [0.4, 0.5) is 0 Å². The fourth-order valence-corrected chi connectivity index (χ4v) is 4.45. The van der Waals surface area contributed by atoms with E-state index < -0.39 is 0 Å². The van der Waals surface area contributed by atoms with Crippen molar-refractivity contribution in [1.82, 2.24) is 0 Å². The number of benzene rings is 6. The second-order valence-corrected chi connectivity index (χ2v) is 7.63. The Morgan fingerprint density at radius 1 is 0.333 bits per heavy atom. The first-order valence-corrected chi connectivity index (χ1v) is 10.2. The highest BCUT2D eigenvalue weighted by Crippen LogP contribution is 2.30. The molecule has 0 atom stereocenters. The van der Waals surface area contributed by atoms with E-state index in [1.54, 1.807) is 0 Å². The van der Waals surface area contributed by atoms with E-state index in [1.165, 1.54) is 43.1 Å². The lowest BCUT2D eigenvalue weighted by Crippen LogP contribution is -1.85. The molecule has 0 bridgehead atoms. The molecule has 30 heavy (non-hydrogen) atoms. The zero-order valence-electron chi connectivity index (χ0n) is 16.4. The minimum Gasteiger partial charge on any atom is -0.0616 e. The Kier molecular flexibility index (Phi) is 3.79. The Labute approximate surface area is 175 Å². The Balaban J connectivity index is 1.64. The van der Waals surface area contributed by atoms with Crippen LogP contribution in [0.15, 0.2) is 109 Å². The normalized spacial score (nSPS) is 11.1. The molecular weight excluding hydrogens is 360 g/mol. The Hall–Kier alpha value is -4.08. The monoisotopic (exact) mass is 378 g/mol. The quantitative estimate of drug-likeness (QED) is 0.188. The second kappa shape index (κ2) is 6.76. The van der Waals surface area contributed by atoms with E-state index >= 15 is 0 Å². The molecule has 0 saturated heterocycles. The maximum Gasteiger partial charge on any atom is 0.0333 e. The van der Waals surface area contributed by atoms with Gasteiger partial charge in [-0.1, -0.05) is 109 Å².